The molecule has 1 aromatic heterocycles. The molecule has 0 radical (unpaired) electrons. The molecule has 9 heteroatoms. The highest BCUT2D eigenvalue weighted by Gasteiger charge is 2.41. The monoisotopic (exact) mass is 425 g/mol. The highest BCUT2D eigenvalue weighted by atomic mass is 35.5. The van der Waals surface area contributed by atoms with Gasteiger partial charge in [-0.05, 0) is 51.1 Å². The number of hydrazine groups is 1. The fourth-order valence-electron chi connectivity index (χ4n) is 3.87. The van der Waals surface area contributed by atoms with Crippen LogP contribution in [-0.2, 0) is 4.79 Å². The van der Waals surface area contributed by atoms with Crippen LogP contribution in [0.3, 0.4) is 0 Å². The SMILES string of the molecule is Cc1nc(-c2ccc(F)cc2)sc1C(C)NC(=O)C1NNC2CCNCC21.Cl. The summed E-state index contributed by atoms with van der Waals surface area (Å²) in [5.41, 5.74) is 8.18. The molecular weight excluding hydrogens is 401 g/mol. The maximum absolute atomic E-state index is 13.1. The number of piperidine rings is 1. The van der Waals surface area contributed by atoms with Crippen molar-refractivity contribution in [3.8, 4) is 10.6 Å². The van der Waals surface area contributed by atoms with Crippen molar-refractivity contribution in [2.24, 2.45) is 5.92 Å². The maximum atomic E-state index is 13.1. The van der Waals surface area contributed by atoms with Gasteiger partial charge in [-0.15, -0.1) is 23.7 Å². The van der Waals surface area contributed by atoms with Gasteiger partial charge in [-0.1, -0.05) is 0 Å². The molecule has 4 atom stereocenters. The number of carbonyl (C=O) groups excluding carboxylic acids is 1. The van der Waals surface area contributed by atoms with Crippen LogP contribution in [0.25, 0.3) is 10.6 Å². The molecule has 2 aliphatic heterocycles. The molecule has 0 aliphatic carbocycles. The maximum Gasteiger partial charge on any atom is 0.239 e. The van der Waals surface area contributed by atoms with E-state index in [1.165, 1.54) is 23.5 Å². The van der Waals surface area contributed by atoms with Gasteiger partial charge in [-0.2, -0.15) is 0 Å². The van der Waals surface area contributed by atoms with Crippen molar-refractivity contribution in [2.75, 3.05) is 13.1 Å². The largest absolute Gasteiger partial charge is 0.347 e. The molecule has 1 aromatic carbocycles. The van der Waals surface area contributed by atoms with Gasteiger partial charge in [0.15, 0.2) is 0 Å². The number of hydrogen-bond donors (Lipinski definition) is 4. The number of rotatable bonds is 4. The first kappa shape index (κ1) is 21.1. The number of fused-ring (bicyclic) bond motifs is 1. The van der Waals surface area contributed by atoms with E-state index in [0.29, 0.717) is 6.04 Å². The predicted octanol–water partition coefficient (Wildman–Crippen LogP) is 2.31. The molecule has 2 aliphatic rings. The molecule has 1 amide bonds. The van der Waals surface area contributed by atoms with Gasteiger partial charge in [0.2, 0.25) is 5.91 Å². The summed E-state index contributed by atoms with van der Waals surface area (Å²) in [5, 5.41) is 7.33. The van der Waals surface area contributed by atoms with E-state index in [0.717, 1.165) is 40.7 Å². The van der Waals surface area contributed by atoms with E-state index in [2.05, 4.69) is 26.5 Å². The molecule has 4 rings (SSSR count). The fraction of sp³-hybridized carbons (Fsp3) is 0.474. The van der Waals surface area contributed by atoms with Crippen LogP contribution in [0.4, 0.5) is 4.39 Å². The van der Waals surface area contributed by atoms with Crippen LogP contribution in [0.2, 0.25) is 0 Å². The van der Waals surface area contributed by atoms with Crippen LogP contribution >= 0.6 is 23.7 Å². The molecule has 4 unspecified atom stereocenters. The number of thiazole rings is 1. The lowest BCUT2D eigenvalue weighted by molar-refractivity contribution is -0.124. The number of aromatic nitrogens is 1. The summed E-state index contributed by atoms with van der Waals surface area (Å²) in [6.07, 6.45) is 1.02. The molecule has 6 nitrogen and oxygen atoms in total. The molecule has 0 bridgehead atoms. The molecule has 2 fully saturated rings. The third-order valence-corrected chi connectivity index (χ3v) is 6.73. The minimum absolute atomic E-state index is 0. The number of nitrogens with one attached hydrogen (secondary N) is 4. The quantitative estimate of drug-likeness (QED) is 0.604. The minimum atomic E-state index is -0.263. The van der Waals surface area contributed by atoms with Crippen molar-refractivity contribution in [2.45, 2.75) is 38.4 Å². The number of hydrogen-bond acceptors (Lipinski definition) is 6. The van der Waals surface area contributed by atoms with Gasteiger partial charge in [-0.25, -0.2) is 14.8 Å². The van der Waals surface area contributed by atoms with Crippen molar-refractivity contribution >= 4 is 29.7 Å². The molecule has 0 saturated carbocycles. The van der Waals surface area contributed by atoms with E-state index >= 15 is 0 Å². The van der Waals surface area contributed by atoms with E-state index in [9.17, 15) is 9.18 Å². The van der Waals surface area contributed by atoms with Crippen LogP contribution in [0, 0.1) is 18.7 Å². The Balaban J connectivity index is 0.00000225. The molecule has 2 saturated heterocycles. The molecule has 4 N–H and O–H groups in total. The lowest BCUT2D eigenvalue weighted by atomic mass is 9.89. The van der Waals surface area contributed by atoms with E-state index in [-0.39, 0.29) is 42.1 Å². The second-order valence-electron chi connectivity index (χ2n) is 7.24. The second-order valence-corrected chi connectivity index (χ2v) is 8.27. The molecule has 28 heavy (non-hydrogen) atoms. The van der Waals surface area contributed by atoms with Gasteiger partial charge in [0.25, 0.3) is 0 Å². The zero-order chi connectivity index (χ0) is 19.0. The third-order valence-electron chi connectivity index (χ3n) is 5.34. The molecule has 2 aromatic rings. The molecule has 152 valence electrons. The van der Waals surface area contributed by atoms with Crippen molar-refractivity contribution in [1.29, 1.82) is 0 Å². The number of halogens is 2. The highest BCUT2D eigenvalue weighted by Crippen LogP contribution is 2.32. The Kier molecular flexibility index (Phi) is 6.67. The normalized spacial score (nSPS) is 24.9. The second kappa shape index (κ2) is 8.84. The average molecular weight is 426 g/mol. The Bertz CT molecular complexity index is 830. The molecule has 0 spiro atoms. The number of nitrogens with zero attached hydrogens (tertiary/aromatic N) is 1. The molecule has 3 heterocycles. The lowest BCUT2D eigenvalue weighted by Crippen LogP contribution is -2.49. The van der Waals surface area contributed by atoms with Gasteiger partial charge in [0.05, 0.1) is 16.6 Å². The summed E-state index contributed by atoms with van der Waals surface area (Å²) in [7, 11) is 0. The highest BCUT2D eigenvalue weighted by molar-refractivity contribution is 7.15. The smallest absolute Gasteiger partial charge is 0.239 e. The topological polar surface area (TPSA) is 78.1 Å². The van der Waals surface area contributed by atoms with E-state index in [1.54, 1.807) is 12.1 Å². The summed E-state index contributed by atoms with van der Waals surface area (Å²) < 4.78 is 13.1. The van der Waals surface area contributed by atoms with Crippen molar-refractivity contribution < 1.29 is 9.18 Å². The van der Waals surface area contributed by atoms with E-state index in [1.807, 2.05) is 13.8 Å². The van der Waals surface area contributed by atoms with Crippen molar-refractivity contribution in [1.82, 2.24) is 26.5 Å². The van der Waals surface area contributed by atoms with E-state index < -0.39 is 0 Å². The standard InChI is InChI=1S/C19H24FN5OS.ClH/c1-10(22-18(26)16-14-9-21-8-7-15(14)24-25-16)17-11(2)23-19(27-17)12-3-5-13(20)6-4-12;/h3-6,10,14-16,21,24-25H,7-9H2,1-2H3,(H,22,26);1H. The molecular formula is C19H25ClFN5OS. The fourth-order valence-corrected chi connectivity index (χ4v) is 4.94. The Hall–Kier alpha value is -1.58. The zero-order valence-electron chi connectivity index (χ0n) is 15.8. The van der Waals surface area contributed by atoms with Crippen LogP contribution in [0.15, 0.2) is 24.3 Å². The van der Waals surface area contributed by atoms with Crippen LogP contribution in [-0.4, -0.2) is 36.1 Å². The number of aryl methyl sites for hydroxylation is 1. The third kappa shape index (κ3) is 4.21. The summed E-state index contributed by atoms with van der Waals surface area (Å²) in [6, 6.07) is 6.29. The zero-order valence-corrected chi connectivity index (χ0v) is 17.4. The van der Waals surface area contributed by atoms with Crippen LogP contribution in [0.5, 0.6) is 0 Å². The minimum Gasteiger partial charge on any atom is -0.347 e. The lowest BCUT2D eigenvalue weighted by Gasteiger charge is -2.28. The summed E-state index contributed by atoms with van der Waals surface area (Å²) >= 11 is 1.54. The van der Waals surface area contributed by atoms with Gasteiger partial charge < -0.3 is 10.6 Å². The first-order chi connectivity index (χ1) is 13.0. The van der Waals surface area contributed by atoms with Crippen molar-refractivity contribution in [3.05, 3.63) is 40.7 Å². The Morgan fingerprint density at radius 2 is 2.07 bits per heavy atom. The average Bonchev–Trinajstić information content (AvgIpc) is 3.26. The summed E-state index contributed by atoms with van der Waals surface area (Å²) in [6.45, 7) is 5.74. The number of benzene rings is 1. The van der Waals surface area contributed by atoms with Gasteiger partial charge in [-0.3, -0.25) is 10.2 Å². The number of carbonyl (C=O) groups is 1. The number of amides is 1. The van der Waals surface area contributed by atoms with Crippen LogP contribution in [0.1, 0.15) is 30.0 Å². The first-order valence-corrected chi connectivity index (χ1v) is 10.1. The van der Waals surface area contributed by atoms with E-state index in [4.69, 9.17) is 0 Å². The Morgan fingerprint density at radius 1 is 1.32 bits per heavy atom. The van der Waals surface area contributed by atoms with Crippen molar-refractivity contribution in [3.63, 3.8) is 0 Å². The van der Waals surface area contributed by atoms with Gasteiger partial charge in [0.1, 0.15) is 16.9 Å². The predicted molar refractivity (Wildman–Crippen MR) is 111 cm³/mol. The summed E-state index contributed by atoms with van der Waals surface area (Å²) in [4.78, 5) is 18.4. The Morgan fingerprint density at radius 3 is 2.82 bits per heavy atom. The van der Waals surface area contributed by atoms with Crippen LogP contribution < -0.4 is 21.5 Å². The first-order valence-electron chi connectivity index (χ1n) is 9.28. The van der Waals surface area contributed by atoms with Gasteiger partial charge in [0, 0.05) is 24.1 Å². The Labute approximate surface area is 174 Å². The van der Waals surface area contributed by atoms with Gasteiger partial charge >= 0.3 is 0 Å². The summed E-state index contributed by atoms with van der Waals surface area (Å²) in [5.74, 6) is -0.00770.